The lowest BCUT2D eigenvalue weighted by atomic mass is 10.0. The molecule has 7 heteroatoms. The second-order valence-electron chi connectivity index (χ2n) is 7.57. The molecule has 3 rings (SSSR count). The quantitative estimate of drug-likeness (QED) is 0.187. The number of benzene rings is 3. The third-order valence-corrected chi connectivity index (χ3v) is 6.02. The number of aryl methyl sites for hydroxylation is 2. The van der Waals surface area contributed by atoms with Crippen molar-refractivity contribution in [2.24, 2.45) is 5.10 Å². The normalized spacial score (nSPS) is 10.9. The molecule has 0 spiro atoms. The predicted molar refractivity (Wildman–Crippen MR) is 141 cm³/mol. The van der Waals surface area contributed by atoms with Gasteiger partial charge in [0.05, 0.1) is 22.8 Å². The Kier molecular flexibility index (Phi) is 9.14. The molecule has 0 saturated heterocycles. The van der Waals surface area contributed by atoms with Crippen molar-refractivity contribution in [1.82, 2.24) is 5.43 Å². The Hall–Kier alpha value is -2.58. The maximum Gasteiger partial charge on any atom is 0.244 e. The van der Waals surface area contributed by atoms with Gasteiger partial charge in [0.15, 0.2) is 11.5 Å². The van der Waals surface area contributed by atoms with Crippen LogP contribution in [0.1, 0.15) is 34.7 Å². The molecule has 0 aliphatic rings. The van der Waals surface area contributed by atoms with Crippen LogP contribution in [0.4, 0.5) is 0 Å². The zero-order chi connectivity index (χ0) is 23.8. The van der Waals surface area contributed by atoms with Crippen molar-refractivity contribution in [3.05, 3.63) is 91.0 Å². The van der Waals surface area contributed by atoms with Crippen LogP contribution in [-0.4, -0.2) is 18.7 Å². The number of carbonyl (C=O) groups is 1. The van der Waals surface area contributed by atoms with Crippen molar-refractivity contribution in [2.75, 3.05) is 6.61 Å². The van der Waals surface area contributed by atoms with Crippen LogP contribution in [-0.2, 0) is 17.8 Å². The van der Waals surface area contributed by atoms with Crippen LogP contribution in [0.5, 0.6) is 11.5 Å². The second-order valence-corrected chi connectivity index (χ2v) is 9.17. The van der Waals surface area contributed by atoms with E-state index in [-0.39, 0.29) is 12.3 Å². The van der Waals surface area contributed by atoms with Gasteiger partial charge < -0.3 is 9.47 Å². The van der Waals surface area contributed by atoms with Gasteiger partial charge in [-0.05, 0) is 95.4 Å². The largest absolute Gasteiger partial charge is 0.490 e. The van der Waals surface area contributed by atoms with Crippen LogP contribution in [0.3, 0.4) is 0 Å². The Labute approximate surface area is 213 Å². The predicted octanol–water partition coefficient (Wildman–Crippen LogP) is 6.23. The van der Waals surface area contributed by atoms with E-state index in [4.69, 9.17) is 21.1 Å². The highest BCUT2D eigenvalue weighted by molar-refractivity contribution is 14.1. The second kappa shape index (κ2) is 12.0. The molecule has 0 aliphatic carbocycles. The lowest BCUT2D eigenvalue weighted by Crippen LogP contribution is -2.19. The highest BCUT2D eigenvalue weighted by Gasteiger charge is 2.12. The molecule has 1 amide bonds. The van der Waals surface area contributed by atoms with Gasteiger partial charge >= 0.3 is 0 Å². The van der Waals surface area contributed by atoms with Gasteiger partial charge in [-0.3, -0.25) is 4.79 Å². The Morgan fingerprint density at radius 2 is 1.76 bits per heavy atom. The average Bonchev–Trinajstić information content (AvgIpc) is 2.77. The molecular formula is C26H26ClIN2O3. The fourth-order valence-corrected chi connectivity index (χ4v) is 4.03. The molecule has 0 bridgehead atoms. The van der Waals surface area contributed by atoms with E-state index in [9.17, 15) is 4.79 Å². The number of hydrogen-bond acceptors (Lipinski definition) is 4. The minimum atomic E-state index is -0.169. The molecule has 0 saturated carbocycles. The third kappa shape index (κ3) is 7.47. The van der Waals surface area contributed by atoms with E-state index in [0.717, 1.165) is 20.3 Å². The van der Waals surface area contributed by atoms with Gasteiger partial charge in [-0.2, -0.15) is 5.10 Å². The molecule has 0 atom stereocenters. The van der Waals surface area contributed by atoms with Gasteiger partial charge in [0.1, 0.15) is 6.61 Å². The minimum Gasteiger partial charge on any atom is -0.490 e. The molecule has 33 heavy (non-hydrogen) atoms. The van der Waals surface area contributed by atoms with Crippen LogP contribution in [0, 0.1) is 17.4 Å². The van der Waals surface area contributed by atoms with Crippen LogP contribution >= 0.6 is 34.2 Å². The number of halogens is 2. The average molecular weight is 577 g/mol. The molecule has 0 radical (unpaired) electrons. The molecule has 0 heterocycles. The summed E-state index contributed by atoms with van der Waals surface area (Å²) < 4.78 is 12.7. The zero-order valence-electron chi connectivity index (χ0n) is 18.8. The standard InChI is InChI=1S/C26H26ClIN2O3/c1-4-32-24-13-21(12-23(28)26(24)33-16-19-7-9-22(27)10-8-19)15-29-30-25(31)14-20-6-5-17(2)18(3)11-20/h5-13,15H,4,14,16H2,1-3H3,(H,30,31)/b29-15-. The number of rotatable bonds is 9. The molecule has 5 nitrogen and oxygen atoms in total. The van der Waals surface area contributed by atoms with E-state index in [1.807, 2.05) is 68.4 Å². The molecular weight excluding hydrogens is 551 g/mol. The third-order valence-electron chi connectivity index (χ3n) is 4.97. The lowest BCUT2D eigenvalue weighted by Gasteiger charge is -2.15. The fourth-order valence-electron chi connectivity index (χ4n) is 3.12. The number of nitrogens with one attached hydrogen (secondary N) is 1. The summed E-state index contributed by atoms with van der Waals surface area (Å²) in [4.78, 5) is 12.3. The Morgan fingerprint density at radius 1 is 1.03 bits per heavy atom. The lowest BCUT2D eigenvalue weighted by molar-refractivity contribution is -0.120. The summed E-state index contributed by atoms with van der Waals surface area (Å²) in [6.07, 6.45) is 1.88. The summed E-state index contributed by atoms with van der Waals surface area (Å²) in [7, 11) is 0. The summed E-state index contributed by atoms with van der Waals surface area (Å²) in [5, 5.41) is 4.80. The first-order valence-electron chi connectivity index (χ1n) is 10.6. The first kappa shape index (κ1) is 25.1. The van der Waals surface area contributed by atoms with Gasteiger partial charge in [-0.25, -0.2) is 5.43 Å². The molecule has 0 aromatic heterocycles. The van der Waals surface area contributed by atoms with E-state index in [2.05, 4.69) is 40.0 Å². The first-order valence-corrected chi connectivity index (χ1v) is 12.0. The summed E-state index contributed by atoms with van der Waals surface area (Å²) in [5.74, 6) is 1.13. The maximum absolute atomic E-state index is 12.3. The Morgan fingerprint density at radius 3 is 2.45 bits per heavy atom. The summed E-state index contributed by atoms with van der Waals surface area (Å²) in [6, 6.07) is 17.3. The number of carbonyl (C=O) groups excluding carboxylic acids is 1. The van der Waals surface area contributed by atoms with Crippen molar-refractivity contribution in [1.29, 1.82) is 0 Å². The van der Waals surface area contributed by atoms with E-state index in [1.54, 1.807) is 6.21 Å². The minimum absolute atomic E-state index is 0.169. The van der Waals surface area contributed by atoms with E-state index in [0.29, 0.717) is 29.7 Å². The summed E-state index contributed by atoms with van der Waals surface area (Å²) in [6.45, 7) is 6.91. The van der Waals surface area contributed by atoms with Gasteiger partial charge in [-0.15, -0.1) is 0 Å². The smallest absolute Gasteiger partial charge is 0.244 e. The summed E-state index contributed by atoms with van der Waals surface area (Å²) in [5.41, 5.74) is 7.74. The Bertz CT molecular complexity index is 1150. The number of hydrazone groups is 1. The number of hydrogen-bond donors (Lipinski definition) is 1. The van der Waals surface area contributed by atoms with E-state index >= 15 is 0 Å². The number of nitrogens with zero attached hydrogens (tertiary/aromatic N) is 1. The van der Waals surface area contributed by atoms with Crippen molar-refractivity contribution in [3.8, 4) is 11.5 Å². The SMILES string of the molecule is CCOc1cc(/C=N\NC(=O)Cc2ccc(C)c(C)c2)cc(I)c1OCc1ccc(Cl)cc1. The zero-order valence-corrected chi connectivity index (χ0v) is 21.7. The maximum atomic E-state index is 12.3. The van der Waals surface area contributed by atoms with Gasteiger partial charge in [-0.1, -0.05) is 41.9 Å². The first-order chi connectivity index (χ1) is 15.9. The summed E-state index contributed by atoms with van der Waals surface area (Å²) >= 11 is 8.16. The van der Waals surface area contributed by atoms with Crippen LogP contribution in [0.15, 0.2) is 59.7 Å². The van der Waals surface area contributed by atoms with Crippen molar-refractivity contribution in [3.63, 3.8) is 0 Å². The molecule has 3 aromatic rings. The number of ether oxygens (including phenoxy) is 2. The molecule has 0 unspecified atom stereocenters. The molecule has 0 fully saturated rings. The Balaban J connectivity index is 1.65. The molecule has 0 aliphatic heterocycles. The molecule has 1 N–H and O–H groups in total. The van der Waals surface area contributed by atoms with E-state index in [1.165, 1.54) is 11.1 Å². The van der Waals surface area contributed by atoms with E-state index < -0.39 is 0 Å². The van der Waals surface area contributed by atoms with Crippen molar-refractivity contribution < 1.29 is 14.3 Å². The van der Waals surface area contributed by atoms with Crippen LogP contribution < -0.4 is 14.9 Å². The molecule has 3 aromatic carbocycles. The van der Waals surface area contributed by atoms with Gasteiger partial charge in [0.2, 0.25) is 5.91 Å². The monoisotopic (exact) mass is 576 g/mol. The van der Waals surface area contributed by atoms with Gasteiger partial charge in [0.25, 0.3) is 0 Å². The topological polar surface area (TPSA) is 59.9 Å². The van der Waals surface area contributed by atoms with Crippen molar-refractivity contribution >= 4 is 46.3 Å². The fraction of sp³-hybridized carbons (Fsp3) is 0.231. The highest BCUT2D eigenvalue weighted by Crippen LogP contribution is 2.34. The highest BCUT2D eigenvalue weighted by atomic mass is 127. The molecule has 172 valence electrons. The number of amides is 1. The van der Waals surface area contributed by atoms with Crippen molar-refractivity contribution in [2.45, 2.75) is 33.8 Å². The van der Waals surface area contributed by atoms with Gasteiger partial charge in [0, 0.05) is 5.02 Å². The van der Waals surface area contributed by atoms with Crippen LogP contribution in [0.25, 0.3) is 0 Å². The van der Waals surface area contributed by atoms with Crippen LogP contribution in [0.2, 0.25) is 5.02 Å².